The summed E-state index contributed by atoms with van der Waals surface area (Å²) < 4.78 is 0. The molecule has 20 heavy (non-hydrogen) atoms. The number of hydrogen-bond acceptors (Lipinski definition) is 3. The number of hydrogen-bond donors (Lipinski definition) is 2. The van der Waals surface area contributed by atoms with E-state index in [4.69, 9.17) is 0 Å². The van der Waals surface area contributed by atoms with E-state index in [-0.39, 0.29) is 0 Å². The van der Waals surface area contributed by atoms with E-state index in [0.717, 1.165) is 19.4 Å². The van der Waals surface area contributed by atoms with E-state index in [1.54, 1.807) is 12.1 Å². The van der Waals surface area contributed by atoms with Gasteiger partial charge in [-0.05, 0) is 61.6 Å². The summed E-state index contributed by atoms with van der Waals surface area (Å²) in [6.45, 7) is 5.17. The number of aromatic nitrogens is 1. The summed E-state index contributed by atoms with van der Waals surface area (Å²) in [7, 11) is 0. The Morgan fingerprint density at radius 2 is 1.95 bits per heavy atom. The van der Waals surface area contributed by atoms with Crippen LogP contribution in [0.5, 0.6) is 5.75 Å². The second-order valence-corrected chi connectivity index (χ2v) is 5.29. The van der Waals surface area contributed by atoms with Gasteiger partial charge in [0.1, 0.15) is 5.75 Å². The minimum absolute atomic E-state index is 0.326. The monoisotopic (exact) mass is 270 g/mol. The first kappa shape index (κ1) is 14.5. The highest BCUT2D eigenvalue weighted by Crippen LogP contribution is 2.12. The molecule has 1 aromatic carbocycles. The number of nitrogens with zero attached hydrogens (tertiary/aromatic N) is 1. The third-order valence-electron chi connectivity index (χ3n) is 3.59. The summed E-state index contributed by atoms with van der Waals surface area (Å²) in [6.07, 6.45) is 5.84. The Hall–Kier alpha value is -1.87. The molecule has 3 heteroatoms. The van der Waals surface area contributed by atoms with Gasteiger partial charge in [0.05, 0.1) is 0 Å². The molecule has 2 N–H and O–H groups in total. The van der Waals surface area contributed by atoms with E-state index >= 15 is 0 Å². The number of nitrogens with one attached hydrogen (secondary N) is 1. The van der Waals surface area contributed by atoms with Crippen molar-refractivity contribution in [3.63, 3.8) is 0 Å². The molecule has 1 heterocycles. The predicted molar refractivity (Wildman–Crippen MR) is 81.7 cm³/mol. The van der Waals surface area contributed by atoms with Crippen molar-refractivity contribution in [2.45, 2.75) is 39.3 Å². The number of aromatic hydroxyl groups is 1. The van der Waals surface area contributed by atoms with Crippen molar-refractivity contribution in [3.8, 4) is 5.75 Å². The van der Waals surface area contributed by atoms with Crippen LogP contribution in [0.4, 0.5) is 0 Å². The van der Waals surface area contributed by atoms with E-state index in [9.17, 15) is 5.11 Å². The highest BCUT2D eigenvalue weighted by atomic mass is 16.3. The maximum absolute atomic E-state index is 9.25. The fourth-order valence-electron chi connectivity index (χ4n) is 2.11. The van der Waals surface area contributed by atoms with Gasteiger partial charge in [-0.3, -0.25) is 4.98 Å². The van der Waals surface area contributed by atoms with Crippen LogP contribution in [0.2, 0.25) is 0 Å². The quantitative estimate of drug-likeness (QED) is 0.847. The number of rotatable bonds is 6. The smallest absolute Gasteiger partial charge is 0.115 e. The van der Waals surface area contributed by atoms with Crippen molar-refractivity contribution in [2.24, 2.45) is 0 Å². The van der Waals surface area contributed by atoms with Crippen LogP contribution in [0.1, 0.15) is 30.0 Å². The molecule has 1 atom stereocenters. The fourth-order valence-corrected chi connectivity index (χ4v) is 2.11. The van der Waals surface area contributed by atoms with Crippen molar-refractivity contribution in [1.82, 2.24) is 10.3 Å². The van der Waals surface area contributed by atoms with Gasteiger partial charge in [0.25, 0.3) is 0 Å². The normalized spacial score (nSPS) is 12.3. The number of benzene rings is 1. The van der Waals surface area contributed by atoms with Gasteiger partial charge >= 0.3 is 0 Å². The average Bonchev–Trinajstić information content (AvgIpc) is 2.46. The lowest BCUT2D eigenvalue weighted by atomic mass is 10.1. The number of phenols is 1. The van der Waals surface area contributed by atoms with Crippen LogP contribution in [0, 0.1) is 6.92 Å². The molecular formula is C17H22N2O. The molecule has 2 aromatic rings. The second-order valence-electron chi connectivity index (χ2n) is 5.29. The predicted octanol–water partition coefficient (Wildman–Crippen LogP) is 3.21. The first-order valence-corrected chi connectivity index (χ1v) is 7.06. The topological polar surface area (TPSA) is 45.2 Å². The Balaban J connectivity index is 1.77. The van der Waals surface area contributed by atoms with Crippen molar-refractivity contribution in [2.75, 3.05) is 0 Å². The first-order chi connectivity index (χ1) is 9.65. The van der Waals surface area contributed by atoms with Gasteiger partial charge in [0, 0.05) is 25.0 Å². The molecule has 0 aliphatic carbocycles. The lowest BCUT2D eigenvalue weighted by molar-refractivity contribution is 0.474. The Kier molecular flexibility index (Phi) is 5.13. The molecule has 106 valence electrons. The van der Waals surface area contributed by atoms with Gasteiger partial charge in [0.15, 0.2) is 0 Å². The van der Waals surface area contributed by atoms with Crippen molar-refractivity contribution in [1.29, 1.82) is 0 Å². The van der Waals surface area contributed by atoms with E-state index in [1.807, 2.05) is 30.6 Å². The molecule has 0 bridgehead atoms. The Morgan fingerprint density at radius 1 is 1.20 bits per heavy atom. The summed E-state index contributed by atoms with van der Waals surface area (Å²) in [6, 6.07) is 9.93. The van der Waals surface area contributed by atoms with Crippen LogP contribution >= 0.6 is 0 Å². The zero-order chi connectivity index (χ0) is 14.4. The summed E-state index contributed by atoms with van der Waals surface area (Å²) in [4.78, 5) is 4.16. The van der Waals surface area contributed by atoms with Gasteiger partial charge in [0.2, 0.25) is 0 Å². The molecule has 1 aromatic heterocycles. The summed E-state index contributed by atoms with van der Waals surface area (Å²) in [5.74, 6) is 0.326. The van der Waals surface area contributed by atoms with Crippen LogP contribution in [-0.2, 0) is 13.0 Å². The van der Waals surface area contributed by atoms with Crippen molar-refractivity contribution >= 4 is 0 Å². The highest BCUT2D eigenvalue weighted by molar-refractivity contribution is 5.26. The zero-order valence-corrected chi connectivity index (χ0v) is 12.1. The molecule has 0 saturated heterocycles. The van der Waals surface area contributed by atoms with Gasteiger partial charge in [-0.25, -0.2) is 0 Å². The summed E-state index contributed by atoms with van der Waals surface area (Å²) >= 11 is 0. The molecule has 0 aliphatic rings. The molecule has 0 radical (unpaired) electrons. The van der Waals surface area contributed by atoms with E-state index in [1.165, 1.54) is 16.7 Å². The summed E-state index contributed by atoms with van der Waals surface area (Å²) in [5, 5.41) is 12.8. The molecule has 1 unspecified atom stereocenters. The first-order valence-electron chi connectivity index (χ1n) is 7.06. The van der Waals surface area contributed by atoms with Crippen molar-refractivity contribution in [3.05, 3.63) is 59.4 Å². The van der Waals surface area contributed by atoms with Crippen LogP contribution in [-0.4, -0.2) is 16.1 Å². The van der Waals surface area contributed by atoms with Gasteiger partial charge in [-0.15, -0.1) is 0 Å². The largest absolute Gasteiger partial charge is 0.508 e. The molecule has 0 fully saturated rings. The molecule has 0 spiro atoms. The Morgan fingerprint density at radius 3 is 2.65 bits per heavy atom. The van der Waals surface area contributed by atoms with Crippen LogP contribution in [0.3, 0.4) is 0 Å². The lowest BCUT2D eigenvalue weighted by Gasteiger charge is -2.14. The third kappa shape index (κ3) is 4.35. The van der Waals surface area contributed by atoms with E-state index in [2.05, 4.69) is 24.1 Å². The van der Waals surface area contributed by atoms with Crippen LogP contribution in [0.25, 0.3) is 0 Å². The number of pyridine rings is 1. The Labute approximate surface area is 120 Å². The van der Waals surface area contributed by atoms with Gasteiger partial charge < -0.3 is 10.4 Å². The van der Waals surface area contributed by atoms with Gasteiger partial charge in [-0.2, -0.15) is 0 Å². The second kappa shape index (κ2) is 7.06. The van der Waals surface area contributed by atoms with Crippen LogP contribution < -0.4 is 5.32 Å². The minimum Gasteiger partial charge on any atom is -0.508 e. The lowest BCUT2D eigenvalue weighted by Crippen LogP contribution is -2.26. The molecule has 3 nitrogen and oxygen atoms in total. The maximum atomic E-state index is 9.25. The fraction of sp³-hybridized carbons (Fsp3) is 0.353. The minimum atomic E-state index is 0.326. The molecule has 0 saturated carbocycles. The van der Waals surface area contributed by atoms with Crippen LogP contribution in [0.15, 0.2) is 42.7 Å². The van der Waals surface area contributed by atoms with E-state index < -0.39 is 0 Å². The molecule has 0 amide bonds. The molecular weight excluding hydrogens is 248 g/mol. The van der Waals surface area contributed by atoms with E-state index in [0.29, 0.717) is 11.8 Å². The van der Waals surface area contributed by atoms with Gasteiger partial charge in [-0.1, -0.05) is 12.1 Å². The maximum Gasteiger partial charge on any atom is 0.115 e. The average molecular weight is 270 g/mol. The standard InChI is InChI=1S/C17H22N2O/c1-13-9-10-18-11-16(13)12-19-14(2)3-4-15-5-7-17(20)8-6-15/h5-11,14,19-20H,3-4,12H2,1-2H3. The highest BCUT2D eigenvalue weighted by Gasteiger charge is 2.04. The summed E-state index contributed by atoms with van der Waals surface area (Å²) in [5.41, 5.74) is 3.79. The number of phenolic OH excluding ortho intramolecular Hbond substituents is 1. The van der Waals surface area contributed by atoms with Crippen molar-refractivity contribution < 1.29 is 5.11 Å². The molecule has 0 aliphatic heterocycles. The molecule has 2 rings (SSSR count). The zero-order valence-electron chi connectivity index (χ0n) is 12.1. The third-order valence-corrected chi connectivity index (χ3v) is 3.59. The Bertz CT molecular complexity index is 537. The number of aryl methyl sites for hydroxylation is 2. The SMILES string of the molecule is Cc1ccncc1CNC(C)CCc1ccc(O)cc1.